The number of nitrogens with one attached hydrogen (secondary N) is 2. The van der Waals surface area contributed by atoms with E-state index in [4.69, 9.17) is 4.74 Å². The number of hydrogen-bond acceptors (Lipinski definition) is 9. The molecular formula is C23H18N8O4. The third kappa shape index (κ3) is 5.20. The van der Waals surface area contributed by atoms with Crippen molar-refractivity contribution in [2.45, 2.75) is 6.54 Å². The SMILES string of the molecule is COc1ccc(C=NNc2nc(-c3ccccc3)c(C#N)c(=O)[nH]2)cc1Cn1cc([N+](=O)[O-])cn1. The van der Waals surface area contributed by atoms with E-state index < -0.39 is 10.5 Å². The molecule has 2 aromatic heterocycles. The Labute approximate surface area is 198 Å². The first-order chi connectivity index (χ1) is 17.0. The van der Waals surface area contributed by atoms with Crippen molar-refractivity contribution in [1.29, 1.82) is 5.26 Å². The van der Waals surface area contributed by atoms with Crippen LogP contribution in [0.5, 0.6) is 5.75 Å². The van der Waals surface area contributed by atoms with Crippen molar-refractivity contribution < 1.29 is 9.66 Å². The van der Waals surface area contributed by atoms with E-state index in [0.29, 0.717) is 16.9 Å². The third-order valence-corrected chi connectivity index (χ3v) is 4.93. The standard InChI is InChI=1S/C23H18N8O4/c1-35-20-8-7-15(9-17(20)13-30-14-18(12-26-30)31(33)34)11-25-29-23-27-21(16-5-3-2-4-6-16)19(10-24)22(32)28-23/h2-9,11-12,14H,13H2,1H3,(H2,27,28,29,32). The predicted octanol–water partition coefficient (Wildman–Crippen LogP) is 2.92. The first kappa shape index (κ1) is 22.9. The molecule has 0 unspecified atom stereocenters. The number of nitriles is 1. The number of ether oxygens (including phenoxy) is 1. The fraction of sp³-hybridized carbons (Fsp3) is 0.0870. The van der Waals surface area contributed by atoms with Gasteiger partial charge in [0.05, 0.1) is 30.5 Å². The van der Waals surface area contributed by atoms with Crippen LogP contribution in [-0.4, -0.2) is 38.0 Å². The molecule has 0 aliphatic heterocycles. The zero-order valence-corrected chi connectivity index (χ0v) is 18.4. The second kappa shape index (κ2) is 10.1. The molecule has 0 fully saturated rings. The zero-order chi connectivity index (χ0) is 24.8. The molecule has 0 radical (unpaired) electrons. The predicted molar refractivity (Wildman–Crippen MR) is 127 cm³/mol. The number of H-pyrrole nitrogens is 1. The summed E-state index contributed by atoms with van der Waals surface area (Å²) >= 11 is 0. The summed E-state index contributed by atoms with van der Waals surface area (Å²) in [5, 5.41) is 28.4. The molecule has 4 aromatic rings. The highest BCUT2D eigenvalue weighted by molar-refractivity contribution is 5.81. The van der Waals surface area contributed by atoms with Gasteiger partial charge in [-0.05, 0) is 23.8 Å². The third-order valence-electron chi connectivity index (χ3n) is 4.93. The van der Waals surface area contributed by atoms with Gasteiger partial charge in [0.2, 0.25) is 5.95 Å². The van der Waals surface area contributed by atoms with E-state index >= 15 is 0 Å². The summed E-state index contributed by atoms with van der Waals surface area (Å²) in [6.45, 7) is 0.247. The molecule has 4 rings (SSSR count). The number of anilines is 1. The van der Waals surface area contributed by atoms with Crippen LogP contribution in [0.4, 0.5) is 11.6 Å². The minimum Gasteiger partial charge on any atom is -0.496 e. The van der Waals surface area contributed by atoms with Crippen molar-refractivity contribution in [3.8, 4) is 23.1 Å². The van der Waals surface area contributed by atoms with Crippen LogP contribution in [-0.2, 0) is 6.54 Å². The van der Waals surface area contributed by atoms with Crippen LogP contribution < -0.4 is 15.7 Å². The Balaban J connectivity index is 1.56. The molecule has 2 aromatic carbocycles. The number of rotatable bonds is 8. The minimum absolute atomic E-state index is 0.0710. The summed E-state index contributed by atoms with van der Waals surface area (Å²) in [5.41, 5.74) is 4.18. The Kier molecular flexibility index (Phi) is 6.59. The lowest BCUT2D eigenvalue weighted by Crippen LogP contribution is -2.16. The van der Waals surface area contributed by atoms with Crippen molar-refractivity contribution in [2.24, 2.45) is 5.10 Å². The van der Waals surface area contributed by atoms with E-state index in [1.807, 2.05) is 12.1 Å². The van der Waals surface area contributed by atoms with E-state index in [-0.39, 0.29) is 29.4 Å². The Bertz CT molecular complexity index is 1500. The van der Waals surface area contributed by atoms with Gasteiger partial charge in [-0.2, -0.15) is 15.5 Å². The number of methoxy groups -OCH3 is 1. The average Bonchev–Trinajstić information content (AvgIpc) is 3.33. The number of nitro groups is 1. The normalized spacial score (nSPS) is 10.7. The minimum atomic E-state index is -0.584. The molecule has 0 atom stereocenters. The summed E-state index contributed by atoms with van der Waals surface area (Å²) in [6.07, 6.45) is 4.02. The largest absolute Gasteiger partial charge is 0.496 e. The molecular weight excluding hydrogens is 452 g/mol. The highest BCUT2D eigenvalue weighted by Crippen LogP contribution is 2.22. The molecule has 2 N–H and O–H groups in total. The Morgan fingerprint density at radius 3 is 2.80 bits per heavy atom. The molecule has 174 valence electrons. The van der Waals surface area contributed by atoms with E-state index in [1.54, 1.807) is 42.5 Å². The van der Waals surface area contributed by atoms with Gasteiger partial charge in [-0.25, -0.2) is 10.4 Å². The van der Waals surface area contributed by atoms with Crippen molar-refractivity contribution in [3.05, 3.63) is 98.1 Å². The molecule has 12 heteroatoms. The van der Waals surface area contributed by atoms with Crippen LogP contribution in [0.25, 0.3) is 11.3 Å². The Morgan fingerprint density at radius 1 is 1.31 bits per heavy atom. The van der Waals surface area contributed by atoms with Gasteiger partial charge < -0.3 is 4.74 Å². The van der Waals surface area contributed by atoms with Crippen LogP contribution in [0.1, 0.15) is 16.7 Å². The summed E-state index contributed by atoms with van der Waals surface area (Å²) in [7, 11) is 1.52. The number of nitrogens with zero attached hydrogens (tertiary/aromatic N) is 6. The summed E-state index contributed by atoms with van der Waals surface area (Å²) in [4.78, 5) is 29.6. The quantitative estimate of drug-likeness (QED) is 0.225. The van der Waals surface area contributed by atoms with Crippen molar-refractivity contribution in [2.75, 3.05) is 12.5 Å². The van der Waals surface area contributed by atoms with Gasteiger partial charge in [-0.3, -0.25) is 24.6 Å². The number of hydrazone groups is 1. The number of aromatic amines is 1. The lowest BCUT2D eigenvalue weighted by molar-refractivity contribution is -0.385. The van der Waals surface area contributed by atoms with Gasteiger partial charge in [-0.1, -0.05) is 30.3 Å². The Hall–Kier alpha value is -5.31. The van der Waals surface area contributed by atoms with Crippen molar-refractivity contribution in [3.63, 3.8) is 0 Å². The van der Waals surface area contributed by atoms with E-state index in [9.17, 15) is 20.2 Å². The molecule has 0 saturated carbocycles. The maximum atomic E-state index is 12.4. The molecule has 0 bridgehead atoms. The van der Waals surface area contributed by atoms with E-state index in [2.05, 4.69) is 25.6 Å². The van der Waals surface area contributed by atoms with Gasteiger partial charge in [-0.15, -0.1) is 0 Å². The smallest absolute Gasteiger partial charge is 0.307 e. The number of benzene rings is 2. The van der Waals surface area contributed by atoms with Crippen LogP contribution in [0, 0.1) is 21.4 Å². The zero-order valence-electron chi connectivity index (χ0n) is 18.4. The molecule has 35 heavy (non-hydrogen) atoms. The molecule has 2 heterocycles. The lowest BCUT2D eigenvalue weighted by Gasteiger charge is -2.09. The number of aromatic nitrogens is 4. The lowest BCUT2D eigenvalue weighted by atomic mass is 10.1. The topological polar surface area (TPSA) is 164 Å². The second-order valence-electron chi connectivity index (χ2n) is 7.21. The molecule has 0 amide bonds. The maximum absolute atomic E-state index is 12.4. The van der Waals surface area contributed by atoms with Crippen LogP contribution in [0.3, 0.4) is 0 Å². The highest BCUT2D eigenvalue weighted by atomic mass is 16.6. The molecule has 0 spiro atoms. The first-order valence-corrected chi connectivity index (χ1v) is 10.2. The highest BCUT2D eigenvalue weighted by Gasteiger charge is 2.13. The summed E-state index contributed by atoms with van der Waals surface area (Å²) in [5.74, 6) is 0.653. The van der Waals surface area contributed by atoms with Crippen molar-refractivity contribution in [1.82, 2.24) is 19.7 Å². The van der Waals surface area contributed by atoms with Crippen LogP contribution >= 0.6 is 0 Å². The molecule has 0 aliphatic rings. The van der Waals surface area contributed by atoms with E-state index in [0.717, 1.165) is 5.56 Å². The van der Waals surface area contributed by atoms with E-state index in [1.165, 1.54) is 30.4 Å². The summed E-state index contributed by atoms with van der Waals surface area (Å²) in [6, 6.07) is 16.1. The van der Waals surface area contributed by atoms with Gasteiger partial charge in [0.15, 0.2) is 0 Å². The first-order valence-electron chi connectivity index (χ1n) is 10.2. The fourth-order valence-electron chi connectivity index (χ4n) is 3.31. The van der Waals surface area contributed by atoms with Gasteiger partial charge >= 0.3 is 5.69 Å². The maximum Gasteiger partial charge on any atom is 0.307 e. The molecule has 12 nitrogen and oxygen atoms in total. The Morgan fingerprint density at radius 2 is 2.11 bits per heavy atom. The monoisotopic (exact) mass is 470 g/mol. The fourth-order valence-corrected chi connectivity index (χ4v) is 3.31. The van der Waals surface area contributed by atoms with Crippen LogP contribution in [0.15, 0.2) is 70.8 Å². The second-order valence-corrected chi connectivity index (χ2v) is 7.21. The van der Waals surface area contributed by atoms with Crippen molar-refractivity contribution >= 4 is 17.9 Å². The summed E-state index contributed by atoms with van der Waals surface area (Å²) < 4.78 is 6.82. The van der Waals surface area contributed by atoms with Gasteiger partial charge in [0.1, 0.15) is 29.8 Å². The van der Waals surface area contributed by atoms with Gasteiger partial charge in [0.25, 0.3) is 5.56 Å². The average molecular weight is 470 g/mol. The van der Waals surface area contributed by atoms with Crippen LogP contribution in [0.2, 0.25) is 0 Å². The molecule has 0 saturated heterocycles. The van der Waals surface area contributed by atoms with Gasteiger partial charge in [0, 0.05) is 11.1 Å². The molecule has 0 aliphatic carbocycles. The number of hydrogen-bond donors (Lipinski definition) is 2.